The first-order valence-corrected chi connectivity index (χ1v) is 5.82. The molecular formula is C13H17NO4. The summed E-state index contributed by atoms with van der Waals surface area (Å²) in [6.07, 6.45) is 0.222. The number of anilines is 1. The molecule has 0 aliphatic rings. The number of aliphatic hydroxyl groups excluding tert-OH is 1. The van der Waals surface area contributed by atoms with E-state index in [1.54, 1.807) is 37.3 Å². The number of carbonyl (C=O) groups excluding carboxylic acids is 1. The van der Waals surface area contributed by atoms with Gasteiger partial charge in [-0.25, -0.2) is 4.79 Å². The number of aliphatic hydroxyl groups is 1. The number of amides is 1. The number of carbonyl (C=O) groups is 2. The molecule has 0 bridgehead atoms. The summed E-state index contributed by atoms with van der Waals surface area (Å²) in [5.41, 5.74) is 0.533. The zero-order valence-corrected chi connectivity index (χ0v) is 10.2. The van der Waals surface area contributed by atoms with E-state index < -0.39 is 12.0 Å². The topological polar surface area (TPSA) is 77.8 Å². The number of hydrogen-bond acceptors (Lipinski definition) is 3. The largest absolute Gasteiger partial charge is 0.480 e. The van der Waals surface area contributed by atoms with E-state index in [1.807, 2.05) is 0 Å². The first kappa shape index (κ1) is 14.2. The highest BCUT2D eigenvalue weighted by molar-refractivity contribution is 5.98. The van der Waals surface area contributed by atoms with Gasteiger partial charge < -0.3 is 10.2 Å². The number of rotatable bonds is 6. The minimum Gasteiger partial charge on any atom is -0.480 e. The molecule has 0 aromatic heterocycles. The van der Waals surface area contributed by atoms with Crippen LogP contribution in [0.3, 0.4) is 0 Å². The Morgan fingerprint density at radius 1 is 1.28 bits per heavy atom. The van der Waals surface area contributed by atoms with Crippen molar-refractivity contribution in [3.05, 3.63) is 30.3 Å². The summed E-state index contributed by atoms with van der Waals surface area (Å²) < 4.78 is 0. The standard InChI is InChI=1S/C13H17NO4/c1-2-12(16)14(10-6-4-3-5-7-10)11(8-9-15)13(17)18/h3-7,11,15H,2,8-9H2,1H3,(H,17,18)/t11-/m0/s1. The fourth-order valence-corrected chi connectivity index (χ4v) is 1.74. The number of carboxylic acids is 1. The monoisotopic (exact) mass is 251 g/mol. The van der Waals surface area contributed by atoms with E-state index in [0.717, 1.165) is 0 Å². The summed E-state index contributed by atoms with van der Waals surface area (Å²) in [5, 5.41) is 18.1. The van der Waals surface area contributed by atoms with Crippen LogP contribution >= 0.6 is 0 Å². The first-order chi connectivity index (χ1) is 8.61. The summed E-state index contributed by atoms with van der Waals surface area (Å²) in [6.45, 7) is 1.40. The van der Waals surface area contributed by atoms with Crippen molar-refractivity contribution in [2.75, 3.05) is 11.5 Å². The van der Waals surface area contributed by atoms with E-state index in [1.165, 1.54) is 4.90 Å². The third-order valence-corrected chi connectivity index (χ3v) is 2.60. The van der Waals surface area contributed by atoms with E-state index in [4.69, 9.17) is 5.11 Å². The predicted octanol–water partition coefficient (Wildman–Crippen LogP) is 1.27. The van der Waals surface area contributed by atoms with Crippen molar-refractivity contribution in [2.24, 2.45) is 0 Å². The molecule has 1 atom stereocenters. The van der Waals surface area contributed by atoms with Gasteiger partial charge in [0, 0.05) is 25.1 Å². The minimum atomic E-state index is -1.12. The number of hydrogen-bond donors (Lipinski definition) is 2. The van der Waals surface area contributed by atoms with Gasteiger partial charge in [0.1, 0.15) is 6.04 Å². The molecule has 0 unspecified atom stereocenters. The smallest absolute Gasteiger partial charge is 0.326 e. The predicted molar refractivity (Wildman–Crippen MR) is 67.3 cm³/mol. The van der Waals surface area contributed by atoms with Gasteiger partial charge in [0.15, 0.2) is 0 Å². The van der Waals surface area contributed by atoms with E-state index >= 15 is 0 Å². The maximum Gasteiger partial charge on any atom is 0.326 e. The molecule has 0 spiro atoms. The van der Waals surface area contributed by atoms with Crippen molar-refractivity contribution in [1.29, 1.82) is 0 Å². The van der Waals surface area contributed by atoms with Crippen LogP contribution in [0.5, 0.6) is 0 Å². The van der Waals surface area contributed by atoms with Crippen LogP contribution in [0.4, 0.5) is 5.69 Å². The molecule has 1 aromatic rings. The molecule has 0 heterocycles. The van der Waals surface area contributed by atoms with Crippen LogP contribution in [0.15, 0.2) is 30.3 Å². The van der Waals surface area contributed by atoms with Crippen LogP contribution < -0.4 is 4.90 Å². The number of nitrogens with zero attached hydrogens (tertiary/aromatic N) is 1. The lowest BCUT2D eigenvalue weighted by molar-refractivity contribution is -0.140. The van der Waals surface area contributed by atoms with Gasteiger partial charge in [-0.2, -0.15) is 0 Å². The van der Waals surface area contributed by atoms with Gasteiger partial charge in [0.2, 0.25) is 5.91 Å². The maximum absolute atomic E-state index is 11.9. The van der Waals surface area contributed by atoms with Crippen LogP contribution in [-0.2, 0) is 9.59 Å². The summed E-state index contributed by atoms with van der Waals surface area (Å²) in [6, 6.07) is 7.60. The Bertz CT molecular complexity index is 405. The highest BCUT2D eigenvalue weighted by Gasteiger charge is 2.29. The molecule has 0 aliphatic heterocycles. The van der Waals surface area contributed by atoms with Crippen LogP contribution in [0.25, 0.3) is 0 Å². The second-order valence-corrected chi connectivity index (χ2v) is 3.82. The van der Waals surface area contributed by atoms with Crippen molar-refractivity contribution in [3.8, 4) is 0 Å². The summed E-state index contributed by atoms with van der Waals surface area (Å²) in [4.78, 5) is 24.4. The first-order valence-electron chi connectivity index (χ1n) is 5.82. The van der Waals surface area contributed by atoms with Gasteiger partial charge in [-0.15, -0.1) is 0 Å². The second-order valence-electron chi connectivity index (χ2n) is 3.82. The fourth-order valence-electron chi connectivity index (χ4n) is 1.74. The average molecular weight is 251 g/mol. The average Bonchev–Trinajstić information content (AvgIpc) is 2.39. The molecule has 1 amide bonds. The molecule has 5 nitrogen and oxygen atoms in total. The second kappa shape index (κ2) is 6.76. The van der Waals surface area contributed by atoms with E-state index in [0.29, 0.717) is 5.69 Å². The Labute approximate surface area is 106 Å². The minimum absolute atomic E-state index is 0.00989. The number of benzene rings is 1. The molecular weight excluding hydrogens is 234 g/mol. The number of carboxylic acid groups (broad SMARTS) is 1. The van der Waals surface area contributed by atoms with Crippen molar-refractivity contribution < 1.29 is 19.8 Å². The summed E-state index contributed by atoms with van der Waals surface area (Å²) >= 11 is 0. The van der Waals surface area contributed by atoms with Crippen LogP contribution in [0.2, 0.25) is 0 Å². The third kappa shape index (κ3) is 3.30. The highest BCUT2D eigenvalue weighted by atomic mass is 16.4. The van der Waals surface area contributed by atoms with Gasteiger partial charge in [-0.1, -0.05) is 25.1 Å². The maximum atomic E-state index is 11.9. The van der Waals surface area contributed by atoms with Gasteiger partial charge in [0.25, 0.3) is 0 Å². The zero-order chi connectivity index (χ0) is 13.5. The molecule has 1 aromatic carbocycles. The van der Waals surface area contributed by atoms with Crippen molar-refractivity contribution in [1.82, 2.24) is 0 Å². The Morgan fingerprint density at radius 2 is 1.89 bits per heavy atom. The molecule has 5 heteroatoms. The van der Waals surface area contributed by atoms with Gasteiger partial charge in [-0.05, 0) is 12.1 Å². The molecule has 98 valence electrons. The van der Waals surface area contributed by atoms with Crippen molar-refractivity contribution in [3.63, 3.8) is 0 Å². The lowest BCUT2D eigenvalue weighted by Crippen LogP contribution is -2.45. The van der Waals surface area contributed by atoms with Crippen molar-refractivity contribution in [2.45, 2.75) is 25.8 Å². The Balaban J connectivity index is 3.11. The Kier molecular flexibility index (Phi) is 5.32. The lowest BCUT2D eigenvalue weighted by Gasteiger charge is -2.28. The Morgan fingerprint density at radius 3 is 2.33 bits per heavy atom. The van der Waals surface area contributed by atoms with E-state index in [2.05, 4.69) is 0 Å². The quantitative estimate of drug-likeness (QED) is 0.798. The molecule has 0 saturated heterocycles. The van der Waals surface area contributed by atoms with Crippen molar-refractivity contribution >= 4 is 17.6 Å². The lowest BCUT2D eigenvalue weighted by atomic mass is 10.1. The Hall–Kier alpha value is -1.88. The zero-order valence-electron chi connectivity index (χ0n) is 10.2. The van der Waals surface area contributed by atoms with Gasteiger partial charge >= 0.3 is 5.97 Å². The van der Waals surface area contributed by atoms with Crippen LogP contribution in [0.1, 0.15) is 19.8 Å². The highest BCUT2D eigenvalue weighted by Crippen LogP contribution is 2.19. The molecule has 18 heavy (non-hydrogen) atoms. The third-order valence-electron chi connectivity index (χ3n) is 2.60. The van der Waals surface area contributed by atoms with Crippen LogP contribution in [0, 0.1) is 0 Å². The normalized spacial score (nSPS) is 11.9. The molecule has 0 radical (unpaired) electrons. The number of para-hydroxylation sites is 1. The molecule has 1 rings (SSSR count). The van der Waals surface area contributed by atoms with Gasteiger partial charge in [-0.3, -0.25) is 9.69 Å². The van der Waals surface area contributed by atoms with Crippen LogP contribution in [-0.4, -0.2) is 34.7 Å². The molecule has 0 fully saturated rings. The van der Waals surface area contributed by atoms with E-state index in [-0.39, 0.29) is 25.4 Å². The fraction of sp³-hybridized carbons (Fsp3) is 0.385. The summed E-state index contributed by atoms with van der Waals surface area (Å²) in [7, 11) is 0. The summed E-state index contributed by atoms with van der Waals surface area (Å²) in [5.74, 6) is -1.39. The molecule has 0 aliphatic carbocycles. The van der Waals surface area contributed by atoms with Gasteiger partial charge in [0.05, 0.1) is 0 Å². The molecule has 2 N–H and O–H groups in total. The molecule has 0 saturated carbocycles. The number of aliphatic carboxylic acids is 1. The van der Waals surface area contributed by atoms with E-state index in [9.17, 15) is 14.7 Å². The SMILES string of the molecule is CCC(=O)N(c1ccccc1)[C@@H](CCO)C(=O)O.